The highest BCUT2D eigenvalue weighted by Gasteiger charge is 2.41. The van der Waals surface area contributed by atoms with Gasteiger partial charge in [0, 0.05) is 52.6 Å². The standard InChI is InChI=1S/C41H67N11O8.C2HF3O2/c1-25(2)23-30(38(59)60)48-36(57)33(41(3,4)5)49-34(55)29(24-26-14-16-27(53)17-15-26)47-35(56)31-12-10-20-52(31)37(58)28(11-9-18-45-39(42)43)46-32(54)13-7-8-19-51-22-21-50(6)40(51)44;3-2(4,5)1(6)7/h14-17,25,28-31,33,44,53H,7-13,18-24H2,1-6H3,(H,46,54)(H,47,56)(H,48,57)(H,49,55)(H,59,60)(H4,42,43,45);(H,6,7)/t28-,29-,30-,31-,33+;/m0./s1. The molecule has 2 saturated heterocycles. The third-order valence-corrected chi connectivity index (χ3v) is 10.9. The van der Waals surface area contributed by atoms with Crippen molar-refractivity contribution in [3.8, 4) is 5.75 Å². The predicted molar refractivity (Wildman–Crippen MR) is 240 cm³/mol. The topological polar surface area (TPSA) is 326 Å². The van der Waals surface area contributed by atoms with Gasteiger partial charge >= 0.3 is 18.1 Å². The SMILES string of the molecule is CC(C)C[C@H](NC(=O)[C@@H](NC(=O)[C@H](Cc1ccc(O)cc1)NC(=O)[C@@H]1CCCN1C(=O)[C@H](CCCN=C(N)N)NC(=O)CCCCN1CCN(C)C1=N)C(C)(C)C)C(=O)O.O=C(O)C(F)(F)F. The number of likely N-dealkylation sites (N-methyl/N-ethyl adjacent to an activating group) is 1. The molecule has 1 aromatic rings. The smallest absolute Gasteiger partial charge is 0.490 e. The van der Waals surface area contributed by atoms with Crippen LogP contribution in [0.4, 0.5) is 13.2 Å². The highest BCUT2D eigenvalue weighted by Crippen LogP contribution is 2.23. The maximum Gasteiger partial charge on any atom is 0.490 e. The second-order valence-corrected chi connectivity index (χ2v) is 18.0. The van der Waals surface area contributed by atoms with Crippen molar-refractivity contribution in [3.63, 3.8) is 0 Å². The number of halogens is 3. The summed E-state index contributed by atoms with van der Waals surface area (Å²) in [6.07, 6.45) is -2.22. The zero-order valence-corrected chi connectivity index (χ0v) is 38.9. The lowest BCUT2D eigenvalue weighted by atomic mass is 9.85. The molecule has 5 atom stereocenters. The number of benzene rings is 1. The van der Waals surface area contributed by atoms with Gasteiger partial charge < -0.3 is 62.8 Å². The van der Waals surface area contributed by atoms with Crippen molar-refractivity contribution in [1.82, 2.24) is 36.0 Å². The molecule has 2 fully saturated rings. The predicted octanol–water partition coefficient (Wildman–Crippen LogP) is 1.08. The molecule has 0 spiro atoms. The number of carboxylic acids is 2. The summed E-state index contributed by atoms with van der Waals surface area (Å²) in [5, 5.41) is 45.9. The average Bonchev–Trinajstić information content (AvgIpc) is 3.84. The number of nitrogens with zero attached hydrogens (tertiary/aromatic N) is 4. The number of rotatable bonds is 22. The van der Waals surface area contributed by atoms with E-state index in [-0.39, 0.29) is 62.3 Å². The van der Waals surface area contributed by atoms with Gasteiger partial charge in [-0.25, -0.2) is 9.59 Å². The number of hydrogen-bond acceptors (Lipinski definition) is 10. The average molecular weight is 956 g/mol. The molecular formula is C43H68F3N11O10. The summed E-state index contributed by atoms with van der Waals surface area (Å²) in [7, 11) is 1.86. The van der Waals surface area contributed by atoms with Crippen molar-refractivity contribution in [2.45, 2.75) is 129 Å². The summed E-state index contributed by atoms with van der Waals surface area (Å²) < 4.78 is 31.7. The molecule has 3 rings (SSSR count). The van der Waals surface area contributed by atoms with Crippen molar-refractivity contribution >= 4 is 53.4 Å². The number of carbonyl (C=O) groups is 7. The van der Waals surface area contributed by atoms with Gasteiger partial charge in [-0.15, -0.1) is 0 Å². The van der Waals surface area contributed by atoms with E-state index in [1.54, 1.807) is 32.9 Å². The molecule has 1 aromatic carbocycles. The monoisotopic (exact) mass is 956 g/mol. The molecule has 0 aliphatic carbocycles. The van der Waals surface area contributed by atoms with Crippen molar-refractivity contribution in [2.24, 2.45) is 27.8 Å². The lowest BCUT2D eigenvalue weighted by Gasteiger charge is -2.33. The van der Waals surface area contributed by atoms with E-state index in [2.05, 4.69) is 26.3 Å². The molecule has 67 heavy (non-hydrogen) atoms. The molecule has 0 aromatic heterocycles. The second-order valence-electron chi connectivity index (χ2n) is 18.0. The Morgan fingerprint density at radius 1 is 0.866 bits per heavy atom. The zero-order chi connectivity index (χ0) is 50.8. The number of carbonyl (C=O) groups excluding carboxylic acids is 5. The number of nitrogens with one attached hydrogen (secondary N) is 5. The summed E-state index contributed by atoms with van der Waals surface area (Å²) in [4.78, 5) is 99.4. The van der Waals surface area contributed by atoms with Crippen LogP contribution in [0.15, 0.2) is 29.3 Å². The number of likely N-dealkylation sites (tertiary alicyclic amines) is 1. The Morgan fingerprint density at radius 2 is 1.49 bits per heavy atom. The number of aromatic hydroxyl groups is 1. The Morgan fingerprint density at radius 3 is 2.01 bits per heavy atom. The molecule has 0 radical (unpaired) electrons. The fraction of sp³-hybridized carbons (Fsp3) is 0.651. The third-order valence-electron chi connectivity index (χ3n) is 10.9. The molecule has 376 valence electrons. The van der Waals surface area contributed by atoms with Gasteiger partial charge in [-0.05, 0) is 74.0 Å². The van der Waals surface area contributed by atoms with Crippen LogP contribution in [0.5, 0.6) is 5.75 Å². The van der Waals surface area contributed by atoms with E-state index in [1.165, 1.54) is 17.0 Å². The van der Waals surface area contributed by atoms with Crippen molar-refractivity contribution < 1.29 is 62.1 Å². The van der Waals surface area contributed by atoms with Crippen LogP contribution in [0.3, 0.4) is 0 Å². The van der Waals surface area contributed by atoms with Crippen LogP contribution in [0, 0.1) is 16.7 Å². The summed E-state index contributed by atoms with van der Waals surface area (Å²) in [5.74, 6) is -6.45. The number of alkyl halides is 3. The first-order chi connectivity index (χ1) is 31.1. The molecule has 2 heterocycles. The number of carboxylic acid groups (broad SMARTS) is 2. The first kappa shape index (κ1) is 56.8. The minimum atomic E-state index is -5.08. The van der Waals surface area contributed by atoms with Crippen LogP contribution in [0.1, 0.15) is 91.5 Å². The van der Waals surface area contributed by atoms with E-state index in [1.807, 2.05) is 30.7 Å². The highest BCUT2D eigenvalue weighted by molar-refractivity contribution is 5.96. The summed E-state index contributed by atoms with van der Waals surface area (Å²) in [5.41, 5.74) is 10.7. The summed E-state index contributed by atoms with van der Waals surface area (Å²) in [6.45, 7) is 11.4. The third kappa shape index (κ3) is 19.6. The number of nitrogens with two attached hydrogens (primary N) is 2. The molecule has 2 aliphatic heterocycles. The number of aliphatic carboxylic acids is 2. The van der Waals surface area contributed by atoms with Crippen molar-refractivity contribution in [2.75, 3.05) is 39.8 Å². The van der Waals surface area contributed by atoms with Gasteiger partial charge in [-0.2, -0.15) is 13.2 Å². The Bertz CT molecular complexity index is 1910. The van der Waals surface area contributed by atoms with Gasteiger partial charge in [0.1, 0.15) is 36.0 Å². The normalized spacial score (nSPS) is 16.8. The van der Waals surface area contributed by atoms with Crippen LogP contribution < -0.4 is 32.7 Å². The Hall–Kier alpha value is -6.36. The maximum atomic E-state index is 14.2. The van der Waals surface area contributed by atoms with Gasteiger partial charge in [0.05, 0.1) is 0 Å². The lowest BCUT2D eigenvalue weighted by Crippen LogP contribution is -2.61. The van der Waals surface area contributed by atoms with E-state index in [4.69, 9.17) is 26.8 Å². The molecule has 12 N–H and O–H groups in total. The van der Waals surface area contributed by atoms with E-state index in [0.29, 0.717) is 50.2 Å². The quantitative estimate of drug-likeness (QED) is 0.0442. The number of unbranched alkanes of at least 4 members (excludes halogenated alkanes) is 1. The molecule has 21 nitrogen and oxygen atoms in total. The number of guanidine groups is 2. The lowest BCUT2D eigenvalue weighted by molar-refractivity contribution is -0.192. The number of amides is 5. The Balaban J connectivity index is 0.00000203. The summed E-state index contributed by atoms with van der Waals surface area (Å²) >= 11 is 0. The van der Waals surface area contributed by atoms with Crippen LogP contribution >= 0.6 is 0 Å². The van der Waals surface area contributed by atoms with Crippen molar-refractivity contribution in [1.29, 1.82) is 5.41 Å². The van der Waals surface area contributed by atoms with Crippen LogP contribution in [-0.4, -0.2) is 160 Å². The van der Waals surface area contributed by atoms with E-state index < -0.39 is 77.4 Å². The largest absolute Gasteiger partial charge is 0.508 e. The molecule has 0 bridgehead atoms. The molecule has 0 saturated carbocycles. The second kappa shape index (κ2) is 26.1. The van der Waals surface area contributed by atoms with E-state index in [9.17, 15) is 52.2 Å². The zero-order valence-electron chi connectivity index (χ0n) is 38.9. The molecule has 5 amide bonds. The van der Waals surface area contributed by atoms with Crippen LogP contribution in [0.2, 0.25) is 0 Å². The van der Waals surface area contributed by atoms with Gasteiger partial charge in [0.15, 0.2) is 11.9 Å². The van der Waals surface area contributed by atoms with Crippen LogP contribution in [0.25, 0.3) is 0 Å². The molecule has 24 heteroatoms. The molecule has 0 unspecified atom stereocenters. The van der Waals surface area contributed by atoms with Crippen molar-refractivity contribution in [3.05, 3.63) is 29.8 Å². The molecular weight excluding hydrogens is 888 g/mol. The fourth-order valence-electron chi connectivity index (χ4n) is 7.27. The van der Waals surface area contributed by atoms with E-state index in [0.717, 1.165) is 13.1 Å². The number of aliphatic imine (C=N–C) groups is 1. The Kier molecular flexibility index (Phi) is 22.1. The number of hydrogen-bond donors (Lipinski definition) is 10. The maximum absolute atomic E-state index is 14.2. The fourth-order valence-corrected chi connectivity index (χ4v) is 7.27. The minimum absolute atomic E-state index is 0.000751. The van der Waals surface area contributed by atoms with Gasteiger partial charge in [0.25, 0.3) is 0 Å². The number of phenols is 1. The first-order valence-corrected chi connectivity index (χ1v) is 22.0. The van der Waals surface area contributed by atoms with Gasteiger partial charge in [-0.1, -0.05) is 46.8 Å². The molecule has 2 aliphatic rings. The van der Waals surface area contributed by atoms with Gasteiger partial charge in [0.2, 0.25) is 29.5 Å². The van der Waals surface area contributed by atoms with E-state index >= 15 is 0 Å². The highest BCUT2D eigenvalue weighted by atomic mass is 19.4. The first-order valence-electron chi connectivity index (χ1n) is 22.0. The van der Waals surface area contributed by atoms with Crippen LogP contribution in [-0.2, 0) is 40.0 Å². The Labute approximate surface area is 388 Å². The number of phenolic OH excluding ortho intramolecular Hbond substituents is 1. The minimum Gasteiger partial charge on any atom is -0.508 e. The summed E-state index contributed by atoms with van der Waals surface area (Å²) in [6, 6.07) is 0.485. The van der Waals surface area contributed by atoms with Gasteiger partial charge in [-0.3, -0.25) is 34.4 Å².